The minimum Gasteiger partial charge on any atom is -0.498 e. The molecular formula is C20H31NO2. The Morgan fingerprint density at radius 1 is 1.09 bits per heavy atom. The number of fused-ring (bicyclic) bond motifs is 5. The SMILES string of the molecule is C=COC1CC[C@H]2[C@@H]3CCC4NC(=O)CC[C@]4(C)[C@@H]3CC[C@]12C. The summed E-state index contributed by atoms with van der Waals surface area (Å²) in [6.45, 7) is 8.71. The number of carbonyl (C=O) groups excluding carboxylic acids is 1. The third-order valence-electron chi connectivity index (χ3n) is 8.27. The number of hydrogen-bond donors (Lipinski definition) is 1. The van der Waals surface area contributed by atoms with Crippen LogP contribution in [0.4, 0.5) is 0 Å². The average Bonchev–Trinajstić information content (AvgIpc) is 2.85. The molecule has 3 saturated carbocycles. The summed E-state index contributed by atoms with van der Waals surface area (Å²) in [4.78, 5) is 11.8. The van der Waals surface area contributed by atoms with Crippen LogP contribution in [0.25, 0.3) is 0 Å². The molecule has 128 valence electrons. The van der Waals surface area contributed by atoms with E-state index in [2.05, 4.69) is 25.7 Å². The number of hydrogen-bond acceptors (Lipinski definition) is 2. The van der Waals surface area contributed by atoms with Gasteiger partial charge in [-0.1, -0.05) is 20.4 Å². The van der Waals surface area contributed by atoms with E-state index in [1.165, 1.54) is 38.5 Å². The lowest BCUT2D eigenvalue weighted by Crippen LogP contribution is -2.61. The number of piperidine rings is 1. The number of amides is 1. The minimum atomic E-state index is 0.270. The average molecular weight is 317 g/mol. The predicted octanol–water partition coefficient (Wildman–Crippen LogP) is 4.04. The van der Waals surface area contributed by atoms with E-state index < -0.39 is 0 Å². The van der Waals surface area contributed by atoms with Crippen LogP contribution in [0, 0.1) is 28.6 Å². The monoisotopic (exact) mass is 317 g/mol. The Labute approximate surface area is 140 Å². The summed E-state index contributed by atoms with van der Waals surface area (Å²) in [6.07, 6.45) is 11.3. The van der Waals surface area contributed by atoms with Crippen molar-refractivity contribution >= 4 is 5.91 Å². The molecule has 1 saturated heterocycles. The summed E-state index contributed by atoms with van der Waals surface area (Å²) in [5.41, 5.74) is 0.645. The quantitative estimate of drug-likeness (QED) is 0.781. The fourth-order valence-electron chi connectivity index (χ4n) is 6.99. The van der Waals surface area contributed by atoms with Gasteiger partial charge in [-0.05, 0) is 68.1 Å². The molecule has 1 amide bonds. The second-order valence-corrected chi connectivity index (χ2v) is 8.99. The zero-order chi connectivity index (χ0) is 16.2. The fraction of sp³-hybridized carbons (Fsp3) is 0.850. The molecule has 0 bridgehead atoms. The Morgan fingerprint density at radius 3 is 2.65 bits per heavy atom. The molecule has 0 aromatic rings. The van der Waals surface area contributed by atoms with Gasteiger partial charge >= 0.3 is 0 Å². The molecule has 4 fully saturated rings. The molecule has 3 heteroatoms. The normalized spacial score (nSPS) is 51.9. The smallest absolute Gasteiger partial charge is 0.220 e. The summed E-state index contributed by atoms with van der Waals surface area (Å²) < 4.78 is 5.91. The third kappa shape index (κ3) is 2.11. The Hall–Kier alpha value is -0.990. The number of carbonyl (C=O) groups is 1. The molecule has 0 spiro atoms. The lowest BCUT2D eigenvalue weighted by molar-refractivity contribution is -0.138. The van der Waals surface area contributed by atoms with Crippen molar-refractivity contribution in [3.8, 4) is 0 Å². The van der Waals surface area contributed by atoms with Gasteiger partial charge in [-0.15, -0.1) is 0 Å². The first-order valence-electron chi connectivity index (χ1n) is 9.55. The van der Waals surface area contributed by atoms with Crippen LogP contribution in [0.1, 0.15) is 65.2 Å². The van der Waals surface area contributed by atoms with Crippen LogP contribution in [0.3, 0.4) is 0 Å². The van der Waals surface area contributed by atoms with Gasteiger partial charge in [0.1, 0.15) is 6.10 Å². The largest absolute Gasteiger partial charge is 0.498 e. The van der Waals surface area contributed by atoms with Crippen LogP contribution in [0.2, 0.25) is 0 Å². The minimum absolute atomic E-state index is 0.270. The number of ether oxygens (including phenoxy) is 1. The van der Waals surface area contributed by atoms with Crippen LogP contribution in [-0.2, 0) is 9.53 Å². The molecule has 0 radical (unpaired) electrons. The molecule has 0 aromatic heterocycles. The summed E-state index contributed by atoms with van der Waals surface area (Å²) >= 11 is 0. The van der Waals surface area contributed by atoms with Crippen molar-refractivity contribution in [3.05, 3.63) is 12.8 Å². The van der Waals surface area contributed by atoms with Gasteiger partial charge in [-0.25, -0.2) is 0 Å². The maximum Gasteiger partial charge on any atom is 0.220 e. The summed E-state index contributed by atoms with van der Waals surface area (Å²) in [5, 5.41) is 3.31. The van der Waals surface area contributed by atoms with E-state index in [9.17, 15) is 4.79 Å². The Morgan fingerprint density at radius 2 is 1.87 bits per heavy atom. The molecule has 4 aliphatic rings. The fourth-order valence-corrected chi connectivity index (χ4v) is 6.99. The highest BCUT2D eigenvalue weighted by Gasteiger charge is 2.60. The van der Waals surface area contributed by atoms with Crippen LogP contribution in [0.15, 0.2) is 12.8 Å². The topological polar surface area (TPSA) is 38.3 Å². The van der Waals surface area contributed by atoms with Crippen molar-refractivity contribution in [3.63, 3.8) is 0 Å². The predicted molar refractivity (Wildman–Crippen MR) is 90.6 cm³/mol. The first-order valence-corrected chi connectivity index (χ1v) is 9.55. The van der Waals surface area contributed by atoms with E-state index in [0.717, 1.165) is 30.6 Å². The molecule has 3 aliphatic carbocycles. The molecule has 7 atom stereocenters. The van der Waals surface area contributed by atoms with Crippen molar-refractivity contribution in [2.45, 2.75) is 77.4 Å². The van der Waals surface area contributed by atoms with Crippen molar-refractivity contribution in [2.24, 2.45) is 28.6 Å². The molecule has 4 rings (SSSR count). The maximum absolute atomic E-state index is 11.8. The highest BCUT2D eigenvalue weighted by atomic mass is 16.5. The van der Waals surface area contributed by atoms with Crippen LogP contribution >= 0.6 is 0 Å². The zero-order valence-corrected chi connectivity index (χ0v) is 14.6. The molecule has 2 unspecified atom stereocenters. The van der Waals surface area contributed by atoms with Crippen molar-refractivity contribution < 1.29 is 9.53 Å². The third-order valence-corrected chi connectivity index (χ3v) is 8.27. The van der Waals surface area contributed by atoms with E-state index in [0.29, 0.717) is 23.0 Å². The summed E-state index contributed by atoms with van der Waals surface area (Å²) in [6, 6.07) is 0.413. The second-order valence-electron chi connectivity index (χ2n) is 8.99. The zero-order valence-electron chi connectivity index (χ0n) is 14.6. The first kappa shape index (κ1) is 15.5. The van der Waals surface area contributed by atoms with Crippen LogP contribution < -0.4 is 5.32 Å². The van der Waals surface area contributed by atoms with Gasteiger partial charge in [-0.2, -0.15) is 0 Å². The van der Waals surface area contributed by atoms with Crippen molar-refractivity contribution in [1.29, 1.82) is 0 Å². The van der Waals surface area contributed by atoms with E-state index in [-0.39, 0.29) is 5.91 Å². The molecule has 3 nitrogen and oxygen atoms in total. The van der Waals surface area contributed by atoms with Gasteiger partial charge in [0.25, 0.3) is 0 Å². The maximum atomic E-state index is 11.8. The lowest BCUT2D eigenvalue weighted by Gasteiger charge is -2.60. The summed E-state index contributed by atoms with van der Waals surface area (Å²) in [7, 11) is 0. The lowest BCUT2D eigenvalue weighted by atomic mass is 9.47. The molecular weight excluding hydrogens is 286 g/mol. The highest BCUT2D eigenvalue weighted by Crippen LogP contribution is 2.64. The molecule has 23 heavy (non-hydrogen) atoms. The van der Waals surface area contributed by atoms with Gasteiger partial charge in [0.15, 0.2) is 0 Å². The van der Waals surface area contributed by atoms with Crippen molar-refractivity contribution in [2.75, 3.05) is 0 Å². The van der Waals surface area contributed by atoms with E-state index in [4.69, 9.17) is 4.74 Å². The Kier molecular flexibility index (Phi) is 3.55. The van der Waals surface area contributed by atoms with E-state index in [1.54, 1.807) is 6.26 Å². The molecule has 1 heterocycles. The van der Waals surface area contributed by atoms with Crippen LogP contribution in [-0.4, -0.2) is 18.1 Å². The number of rotatable bonds is 2. The van der Waals surface area contributed by atoms with Gasteiger partial charge in [0.2, 0.25) is 5.91 Å². The second kappa shape index (κ2) is 5.26. The van der Waals surface area contributed by atoms with Gasteiger partial charge in [-0.3, -0.25) is 4.79 Å². The molecule has 0 aromatic carbocycles. The highest BCUT2D eigenvalue weighted by molar-refractivity contribution is 5.77. The molecule has 1 N–H and O–H groups in total. The van der Waals surface area contributed by atoms with Gasteiger partial charge in [0, 0.05) is 17.9 Å². The van der Waals surface area contributed by atoms with Gasteiger partial charge in [0.05, 0.1) is 6.26 Å². The van der Waals surface area contributed by atoms with Crippen molar-refractivity contribution in [1.82, 2.24) is 5.32 Å². The standard InChI is InChI=1S/C20H31NO2/c1-4-23-17-8-6-14-13-5-7-16-19(2,12-10-18(22)21-16)15(13)9-11-20(14,17)3/h4,13-17H,1,5-12H2,2-3H3,(H,21,22)/t13-,14-,15+,16?,17?,19+,20-/m0/s1. The van der Waals surface area contributed by atoms with Crippen LogP contribution in [0.5, 0.6) is 0 Å². The molecule has 1 aliphatic heterocycles. The summed E-state index contributed by atoms with van der Waals surface area (Å²) in [5.74, 6) is 2.67. The Balaban J connectivity index is 1.60. The number of nitrogens with one attached hydrogen (secondary N) is 1. The van der Waals surface area contributed by atoms with Gasteiger partial charge < -0.3 is 10.1 Å². The van der Waals surface area contributed by atoms with E-state index in [1.807, 2.05) is 0 Å². The van der Waals surface area contributed by atoms with E-state index >= 15 is 0 Å². The Bertz CT molecular complexity index is 518. The first-order chi connectivity index (χ1) is 11.0.